The Morgan fingerprint density at radius 3 is 2.36 bits per heavy atom. The number of phenolic OH excluding ortho intramolecular Hbond substituents is 1. The molecule has 4 aromatic rings. The van der Waals surface area contributed by atoms with Crippen LogP contribution in [0.1, 0.15) is 101 Å². The first-order valence-electron chi connectivity index (χ1n) is 20.7. The normalized spacial score (nSPS) is 24.8. The summed E-state index contributed by atoms with van der Waals surface area (Å²) in [6.07, 6.45) is 7.10. The van der Waals surface area contributed by atoms with Gasteiger partial charge in [-0.2, -0.15) is 0 Å². The fourth-order valence-corrected chi connectivity index (χ4v) is 11.0. The highest BCUT2D eigenvalue weighted by molar-refractivity contribution is 6.05. The lowest BCUT2D eigenvalue weighted by molar-refractivity contribution is -0.136. The number of fused-ring (bicyclic) bond motifs is 5. The van der Waals surface area contributed by atoms with Gasteiger partial charge in [-0.25, -0.2) is 0 Å². The standard InChI is InChI=1S/C47H50N4O5/c52-35-11-13-37-33(26-35)8-12-36(31-4-2-1-3-5-31)43(37)32-6-9-34(10-7-32)50-22-18-30(19-23-50)27-49-24-20-47(21-25-49)29-56-44-39-28-51(41-16-17-42(53)48-45(41)54)46(55)38(39)14-15-40(44)47/h1-7,9-11,13-15,26,30,36,41,43,52H,8,12,16-25,27-29H2,(H,48,53,54)/t36-,41?,43+/m1/s1. The van der Waals surface area contributed by atoms with Crippen molar-refractivity contribution < 1.29 is 24.2 Å². The fourth-order valence-electron chi connectivity index (χ4n) is 11.0. The second kappa shape index (κ2) is 14.1. The maximum atomic E-state index is 13.4. The van der Waals surface area contributed by atoms with Crippen LogP contribution in [0.15, 0.2) is 84.9 Å². The van der Waals surface area contributed by atoms with Crippen LogP contribution in [0.5, 0.6) is 11.5 Å². The Labute approximate surface area is 328 Å². The Bertz CT molecular complexity index is 2170. The number of piperidine rings is 3. The molecule has 0 aromatic heterocycles. The summed E-state index contributed by atoms with van der Waals surface area (Å²) in [4.78, 5) is 44.5. The van der Waals surface area contributed by atoms with Gasteiger partial charge in [0.25, 0.3) is 5.91 Å². The number of rotatable bonds is 6. The van der Waals surface area contributed by atoms with Crippen LogP contribution in [0, 0.1) is 5.92 Å². The van der Waals surface area contributed by atoms with Gasteiger partial charge in [0.1, 0.15) is 17.5 Å². The molecule has 3 amide bonds. The lowest BCUT2D eigenvalue weighted by Crippen LogP contribution is -2.52. The smallest absolute Gasteiger partial charge is 0.255 e. The number of carbonyl (C=O) groups is 3. The molecule has 5 heterocycles. The lowest BCUT2D eigenvalue weighted by atomic mass is 9.69. The largest absolute Gasteiger partial charge is 0.508 e. The van der Waals surface area contributed by atoms with Gasteiger partial charge in [-0.05, 0) is 122 Å². The average molecular weight is 751 g/mol. The van der Waals surface area contributed by atoms with Gasteiger partial charge < -0.3 is 24.5 Å². The Morgan fingerprint density at radius 2 is 1.59 bits per heavy atom. The molecule has 6 aliphatic rings. The highest BCUT2D eigenvalue weighted by Gasteiger charge is 2.48. The van der Waals surface area contributed by atoms with Crippen LogP contribution in [-0.2, 0) is 28.0 Å². The molecule has 0 bridgehead atoms. The summed E-state index contributed by atoms with van der Waals surface area (Å²) in [5, 5.41) is 12.6. The van der Waals surface area contributed by atoms with E-state index in [0.29, 0.717) is 42.7 Å². The Hall–Kier alpha value is -5.15. The summed E-state index contributed by atoms with van der Waals surface area (Å²) in [6, 6.07) is 29.6. The van der Waals surface area contributed by atoms with Gasteiger partial charge in [0, 0.05) is 59.8 Å². The average Bonchev–Trinajstić information content (AvgIpc) is 3.76. The molecule has 10 rings (SSSR count). The van der Waals surface area contributed by atoms with E-state index in [0.717, 1.165) is 69.7 Å². The molecule has 9 heteroatoms. The molecule has 0 radical (unpaired) electrons. The molecule has 4 aromatic carbocycles. The minimum Gasteiger partial charge on any atom is -0.508 e. The number of imide groups is 1. The van der Waals surface area contributed by atoms with Crippen molar-refractivity contribution in [3.8, 4) is 11.5 Å². The van der Waals surface area contributed by atoms with E-state index in [1.54, 1.807) is 4.90 Å². The number of anilines is 1. The molecule has 3 fully saturated rings. The number of phenols is 1. The third-order valence-corrected chi connectivity index (χ3v) is 14.1. The van der Waals surface area contributed by atoms with Crippen molar-refractivity contribution in [1.29, 1.82) is 0 Å². The number of nitrogens with one attached hydrogen (secondary N) is 1. The Morgan fingerprint density at radius 1 is 0.804 bits per heavy atom. The van der Waals surface area contributed by atoms with E-state index < -0.39 is 6.04 Å². The number of hydrogen-bond donors (Lipinski definition) is 2. The van der Waals surface area contributed by atoms with Gasteiger partial charge in [-0.3, -0.25) is 19.7 Å². The van der Waals surface area contributed by atoms with Gasteiger partial charge >= 0.3 is 0 Å². The highest BCUT2D eigenvalue weighted by atomic mass is 16.5. The number of hydrogen-bond acceptors (Lipinski definition) is 7. The fraction of sp³-hybridized carbons (Fsp3) is 0.426. The monoisotopic (exact) mass is 750 g/mol. The number of likely N-dealkylation sites (tertiary alicyclic amines) is 1. The van der Waals surface area contributed by atoms with E-state index in [9.17, 15) is 19.5 Å². The third-order valence-electron chi connectivity index (χ3n) is 14.1. The van der Waals surface area contributed by atoms with Crippen molar-refractivity contribution in [2.75, 3.05) is 44.2 Å². The number of benzene rings is 4. The molecule has 1 spiro atoms. The van der Waals surface area contributed by atoms with E-state index in [1.807, 2.05) is 18.2 Å². The van der Waals surface area contributed by atoms with E-state index in [2.05, 4.69) is 81.8 Å². The van der Waals surface area contributed by atoms with Gasteiger partial charge in [0.15, 0.2) is 0 Å². The van der Waals surface area contributed by atoms with Crippen molar-refractivity contribution in [3.63, 3.8) is 0 Å². The zero-order valence-electron chi connectivity index (χ0n) is 31.9. The molecule has 3 saturated heterocycles. The summed E-state index contributed by atoms with van der Waals surface area (Å²) in [5.41, 5.74) is 9.33. The van der Waals surface area contributed by atoms with Crippen molar-refractivity contribution in [2.45, 2.75) is 81.2 Å². The van der Waals surface area contributed by atoms with Crippen LogP contribution in [0.2, 0.25) is 0 Å². The second-order valence-corrected chi connectivity index (χ2v) is 17.2. The zero-order chi connectivity index (χ0) is 38.0. The first kappa shape index (κ1) is 35.3. The molecule has 0 saturated carbocycles. The highest BCUT2D eigenvalue weighted by Crippen LogP contribution is 2.50. The quantitative estimate of drug-likeness (QED) is 0.213. The Kier molecular flexibility index (Phi) is 8.88. The van der Waals surface area contributed by atoms with Crippen LogP contribution in [-0.4, -0.2) is 78.0 Å². The predicted molar refractivity (Wildman–Crippen MR) is 214 cm³/mol. The SMILES string of the molecule is O=C1CCC(N2Cc3c(ccc4c3OCC43CCN(CC4CCN(c5ccc([C@@H]6c7ccc(O)cc7CC[C@@H]6c6ccccc6)cc5)CC4)CC3)C2=O)C(=O)N1. The number of amides is 3. The van der Waals surface area contributed by atoms with Crippen LogP contribution < -0.4 is 15.0 Å². The van der Waals surface area contributed by atoms with Crippen molar-refractivity contribution in [1.82, 2.24) is 15.1 Å². The van der Waals surface area contributed by atoms with Gasteiger partial charge in [0.2, 0.25) is 11.8 Å². The van der Waals surface area contributed by atoms with Crippen molar-refractivity contribution in [2.24, 2.45) is 5.92 Å². The summed E-state index contributed by atoms with van der Waals surface area (Å²) >= 11 is 0. The van der Waals surface area contributed by atoms with Gasteiger partial charge in [-0.1, -0.05) is 54.6 Å². The van der Waals surface area contributed by atoms with Gasteiger partial charge in [0.05, 0.1) is 13.2 Å². The number of carbonyl (C=O) groups excluding carboxylic acids is 3. The number of ether oxygens (including phenoxy) is 1. The van der Waals surface area contributed by atoms with E-state index in [1.165, 1.54) is 46.3 Å². The molecular formula is C47H50N4O5. The topological polar surface area (TPSA) is 102 Å². The molecule has 1 unspecified atom stereocenters. The zero-order valence-corrected chi connectivity index (χ0v) is 31.9. The second-order valence-electron chi connectivity index (χ2n) is 17.2. The Balaban J connectivity index is 0.755. The minimum atomic E-state index is -0.620. The predicted octanol–water partition coefficient (Wildman–Crippen LogP) is 6.66. The summed E-state index contributed by atoms with van der Waals surface area (Å²) in [6.45, 7) is 6.34. The van der Waals surface area contributed by atoms with Crippen LogP contribution >= 0.6 is 0 Å². The summed E-state index contributed by atoms with van der Waals surface area (Å²) in [5.74, 6) is 1.73. The van der Waals surface area contributed by atoms with Crippen molar-refractivity contribution >= 4 is 23.4 Å². The molecule has 1 aliphatic carbocycles. The van der Waals surface area contributed by atoms with Crippen LogP contribution in [0.25, 0.3) is 0 Å². The minimum absolute atomic E-state index is 0.0376. The molecule has 3 atom stereocenters. The lowest BCUT2D eigenvalue weighted by Gasteiger charge is -2.41. The van der Waals surface area contributed by atoms with Gasteiger partial charge in [-0.15, -0.1) is 0 Å². The molecular weight excluding hydrogens is 701 g/mol. The summed E-state index contributed by atoms with van der Waals surface area (Å²) < 4.78 is 6.42. The molecule has 5 aliphatic heterocycles. The van der Waals surface area contributed by atoms with E-state index in [-0.39, 0.29) is 35.5 Å². The first-order chi connectivity index (χ1) is 27.3. The number of aryl methyl sites for hydroxylation is 1. The maximum Gasteiger partial charge on any atom is 0.255 e. The first-order valence-corrected chi connectivity index (χ1v) is 20.7. The summed E-state index contributed by atoms with van der Waals surface area (Å²) in [7, 11) is 0. The van der Waals surface area contributed by atoms with Crippen LogP contribution in [0.3, 0.4) is 0 Å². The molecule has 288 valence electrons. The molecule has 2 N–H and O–H groups in total. The van der Waals surface area contributed by atoms with E-state index >= 15 is 0 Å². The third kappa shape index (κ3) is 6.15. The molecule has 9 nitrogen and oxygen atoms in total. The van der Waals surface area contributed by atoms with Crippen molar-refractivity contribution in [3.05, 3.63) is 124 Å². The van der Waals surface area contributed by atoms with Crippen LogP contribution in [0.4, 0.5) is 5.69 Å². The number of nitrogens with zero attached hydrogens (tertiary/aromatic N) is 3. The van der Waals surface area contributed by atoms with E-state index in [4.69, 9.17) is 4.74 Å². The number of aromatic hydroxyl groups is 1. The molecule has 56 heavy (non-hydrogen) atoms. The maximum absolute atomic E-state index is 13.4.